The predicted molar refractivity (Wildman–Crippen MR) is 42.2 cm³/mol. The molecule has 3 heteroatoms. The molecule has 11 heavy (non-hydrogen) atoms. The number of ether oxygens (including phenoxy) is 2. The molecule has 0 unspecified atom stereocenters. The normalized spacial score (nSPS) is 10.8. The standard InChI is InChI=1S/C8H13NO2/c1-10-8(11-2)7-9-5-3-4-6-9/h3-6,8H,7H2,1-2H3. The Morgan fingerprint density at radius 1 is 1.18 bits per heavy atom. The first-order chi connectivity index (χ1) is 5.36. The largest absolute Gasteiger partial charge is 0.354 e. The van der Waals surface area contributed by atoms with Crippen LogP contribution in [0.25, 0.3) is 0 Å². The molecule has 0 aliphatic carbocycles. The molecule has 0 saturated heterocycles. The van der Waals surface area contributed by atoms with E-state index in [0.29, 0.717) is 0 Å². The maximum absolute atomic E-state index is 5.03. The Morgan fingerprint density at radius 3 is 2.18 bits per heavy atom. The van der Waals surface area contributed by atoms with Crippen molar-refractivity contribution in [1.29, 1.82) is 0 Å². The van der Waals surface area contributed by atoms with Gasteiger partial charge in [-0.1, -0.05) is 0 Å². The van der Waals surface area contributed by atoms with Gasteiger partial charge in [0.15, 0.2) is 6.29 Å². The molecule has 0 spiro atoms. The minimum atomic E-state index is -0.151. The Kier molecular flexibility index (Phi) is 3.14. The molecule has 0 amide bonds. The highest BCUT2D eigenvalue weighted by molar-refractivity contribution is 4.90. The van der Waals surface area contributed by atoms with Crippen LogP contribution in [0.3, 0.4) is 0 Å². The first kappa shape index (κ1) is 8.30. The van der Waals surface area contributed by atoms with E-state index in [1.807, 2.05) is 29.1 Å². The van der Waals surface area contributed by atoms with Gasteiger partial charge in [-0.25, -0.2) is 0 Å². The summed E-state index contributed by atoms with van der Waals surface area (Å²) in [5.74, 6) is 0. The van der Waals surface area contributed by atoms with Gasteiger partial charge in [0.2, 0.25) is 0 Å². The van der Waals surface area contributed by atoms with Gasteiger partial charge in [-0.15, -0.1) is 0 Å². The second-order valence-electron chi connectivity index (χ2n) is 2.28. The zero-order valence-corrected chi connectivity index (χ0v) is 6.86. The second kappa shape index (κ2) is 4.16. The molecular formula is C8H13NO2. The maximum atomic E-state index is 5.03. The Bertz CT molecular complexity index is 180. The van der Waals surface area contributed by atoms with Crippen LogP contribution in [0.1, 0.15) is 0 Å². The molecule has 0 N–H and O–H groups in total. The molecule has 1 rings (SSSR count). The molecule has 0 aromatic carbocycles. The minimum absolute atomic E-state index is 0.151. The first-order valence-electron chi connectivity index (χ1n) is 3.53. The van der Waals surface area contributed by atoms with Gasteiger partial charge in [-0.3, -0.25) is 0 Å². The van der Waals surface area contributed by atoms with E-state index in [4.69, 9.17) is 9.47 Å². The van der Waals surface area contributed by atoms with E-state index in [0.717, 1.165) is 6.54 Å². The Labute approximate surface area is 66.5 Å². The number of hydrogen-bond donors (Lipinski definition) is 0. The Morgan fingerprint density at radius 2 is 1.73 bits per heavy atom. The summed E-state index contributed by atoms with van der Waals surface area (Å²) in [4.78, 5) is 0. The molecule has 1 aromatic rings. The summed E-state index contributed by atoms with van der Waals surface area (Å²) in [5, 5.41) is 0. The zero-order valence-electron chi connectivity index (χ0n) is 6.86. The summed E-state index contributed by atoms with van der Waals surface area (Å²) in [6.07, 6.45) is 3.80. The highest BCUT2D eigenvalue weighted by atomic mass is 16.7. The average Bonchev–Trinajstić information content (AvgIpc) is 2.52. The van der Waals surface area contributed by atoms with Crippen molar-refractivity contribution in [2.75, 3.05) is 14.2 Å². The van der Waals surface area contributed by atoms with Gasteiger partial charge in [0, 0.05) is 26.6 Å². The van der Waals surface area contributed by atoms with Crippen molar-refractivity contribution in [3.05, 3.63) is 24.5 Å². The van der Waals surface area contributed by atoms with Gasteiger partial charge in [0.25, 0.3) is 0 Å². The fourth-order valence-electron chi connectivity index (χ4n) is 0.909. The molecule has 62 valence electrons. The number of methoxy groups -OCH3 is 2. The quantitative estimate of drug-likeness (QED) is 0.608. The third-order valence-electron chi connectivity index (χ3n) is 1.55. The van der Waals surface area contributed by atoms with Crippen LogP contribution in [0.4, 0.5) is 0 Å². The topological polar surface area (TPSA) is 23.4 Å². The molecule has 0 saturated carbocycles. The van der Waals surface area contributed by atoms with Crippen molar-refractivity contribution in [2.24, 2.45) is 0 Å². The monoisotopic (exact) mass is 155 g/mol. The Hall–Kier alpha value is -0.800. The lowest BCUT2D eigenvalue weighted by Gasteiger charge is -2.13. The number of nitrogens with zero attached hydrogens (tertiary/aromatic N) is 1. The van der Waals surface area contributed by atoms with E-state index >= 15 is 0 Å². The van der Waals surface area contributed by atoms with Crippen molar-refractivity contribution >= 4 is 0 Å². The van der Waals surface area contributed by atoms with Crippen LogP contribution in [-0.2, 0) is 16.0 Å². The highest BCUT2D eigenvalue weighted by Gasteiger charge is 2.03. The van der Waals surface area contributed by atoms with Crippen LogP contribution in [0.5, 0.6) is 0 Å². The maximum Gasteiger partial charge on any atom is 0.174 e. The molecule has 0 bridgehead atoms. The minimum Gasteiger partial charge on any atom is -0.354 e. The average molecular weight is 155 g/mol. The van der Waals surface area contributed by atoms with E-state index in [1.165, 1.54) is 0 Å². The van der Waals surface area contributed by atoms with Gasteiger partial charge in [0.05, 0.1) is 6.54 Å². The van der Waals surface area contributed by atoms with Crippen LogP contribution >= 0.6 is 0 Å². The van der Waals surface area contributed by atoms with Crippen molar-refractivity contribution < 1.29 is 9.47 Å². The van der Waals surface area contributed by atoms with E-state index < -0.39 is 0 Å². The molecular weight excluding hydrogens is 142 g/mol. The molecule has 3 nitrogen and oxygen atoms in total. The van der Waals surface area contributed by atoms with Gasteiger partial charge in [-0.05, 0) is 12.1 Å². The summed E-state index contributed by atoms with van der Waals surface area (Å²) in [5.41, 5.74) is 0. The van der Waals surface area contributed by atoms with Crippen molar-refractivity contribution in [1.82, 2.24) is 4.57 Å². The first-order valence-corrected chi connectivity index (χ1v) is 3.53. The third kappa shape index (κ3) is 2.37. The van der Waals surface area contributed by atoms with Gasteiger partial charge < -0.3 is 14.0 Å². The van der Waals surface area contributed by atoms with Crippen molar-refractivity contribution in [3.8, 4) is 0 Å². The van der Waals surface area contributed by atoms with E-state index in [-0.39, 0.29) is 6.29 Å². The van der Waals surface area contributed by atoms with Crippen LogP contribution in [0.15, 0.2) is 24.5 Å². The summed E-state index contributed by atoms with van der Waals surface area (Å²) in [6.45, 7) is 0.736. The lowest BCUT2D eigenvalue weighted by atomic mass is 10.6. The smallest absolute Gasteiger partial charge is 0.174 e. The van der Waals surface area contributed by atoms with Crippen LogP contribution in [0, 0.1) is 0 Å². The molecule has 0 atom stereocenters. The summed E-state index contributed by atoms with van der Waals surface area (Å²) >= 11 is 0. The highest BCUT2D eigenvalue weighted by Crippen LogP contribution is 1.97. The van der Waals surface area contributed by atoms with Gasteiger partial charge >= 0.3 is 0 Å². The number of hydrogen-bond acceptors (Lipinski definition) is 2. The summed E-state index contributed by atoms with van der Waals surface area (Å²) < 4.78 is 12.1. The van der Waals surface area contributed by atoms with Crippen LogP contribution in [0.2, 0.25) is 0 Å². The SMILES string of the molecule is COC(Cn1cccc1)OC. The van der Waals surface area contributed by atoms with Crippen molar-refractivity contribution in [3.63, 3.8) is 0 Å². The van der Waals surface area contributed by atoms with E-state index in [1.54, 1.807) is 14.2 Å². The molecule has 1 aromatic heterocycles. The molecule has 0 radical (unpaired) electrons. The van der Waals surface area contributed by atoms with Crippen molar-refractivity contribution in [2.45, 2.75) is 12.8 Å². The third-order valence-corrected chi connectivity index (χ3v) is 1.55. The fraction of sp³-hybridized carbons (Fsp3) is 0.500. The molecule has 0 aliphatic heterocycles. The number of aromatic nitrogens is 1. The summed E-state index contributed by atoms with van der Waals surface area (Å²) in [6, 6.07) is 3.95. The van der Waals surface area contributed by atoms with Gasteiger partial charge in [-0.2, -0.15) is 0 Å². The Balaban J connectivity index is 2.41. The molecule has 0 fully saturated rings. The summed E-state index contributed by atoms with van der Waals surface area (Å²) in [7, 11) is 3.27. The van der Waals surface area contributed by atoms with Crippen LogP contribution in [-0.4, -0.2) is 25.1 Å². The molecule has 0 aliphatic rings. The number of rotatable bonds is 4. The zero-order chi connectivity index (χ0) is 8.10. The lowest BCUT2D eigenvalue weighted by Crippen LogP contribution is -2.19. The van der Waals surface area contributed by atoms with E-state index in [2.05, 4.69) is 0 Å². The fourth-order valence-corrected chi connectivity index (χ4v) is 0.909. The van der Waals surface area contributed by atoms with Gasteiger partial charge in [0.1, 0.15) is 0 Å². The predicted octanol–water partition coefficient (Wildman–Crippen LogP) is 1.11. The molecule has 1 heterocycles. The van der Waals surface area contributed by atoms with Crippen LogP contribution < -0.4 is 0 Å². The van der Waals surface area contributed by atoms with E-state index in [9.17, 15) is 0 Å². The second-order valence-corrected chi connectivity index (χ2v) is 2.28. The lowest BCUT2D eigenvalue weighted by molar-refractivity contribution is -0.110.